The summed E-state index contributed by atoms with van der Waals surface area (Å²) in [5, 5.41) is 0. The lowest BCUT2D eigenvalue weighted by Crippen LogP contribution is -2.31. The summed E-state index contributed by atoms with van der Waals surface area (Å²) in [5.41, 5.74) is 12.5. The Balaban J connectivity index is 1.70. The molecule has 1 spiro atoms. The highest BCUT2D eigenvalue weighted by Gasteiger charge is 2.52. The molecule has 2 heteroatoms. The summed E-state index contributed by atoms with van der Waals surface area (Å²) in [7, 11) is 0. The van der Waals surface area contributed by atoms with Gasteiger partial charge in [-0.05, 0) is 93.8 Å². The standard InChI is InChI=1S/C27H20S2/c1-15-11-23(28)27(21-13-17-7-3-5-9-19(17)25(15)21)22-14-18-8-4-6-10-20(18)26(22)16(2)12-24(27)29/h3-14,28-29H,1-2H3. The smallest absolute Gasteiger partial charge is 0.0826 e. The molecule has 140 valence electrons. The molecule has 0 unspecified atom stereocenters. The molecule has 0 bridgehead atoms. The molecular formula is C27H20S2. The highest BCUT2D eigenvalue weighted by molar-refractivity contribution is 7.86. The number of rotatable bonds is 0. The third-order valence-corrected chi connectivity index (χ3v) is 7.60. The first-order valence-corrected chi connectivity index (χ1v) is 10.8. The Morgan fingerprint density at radius 2 is 1.00 bits per heavy atom. The minimum atomic E-state index is -0.450. The molecule has 0 N–H and O–H groups in total. The van der Waals surface area contributed by atoms with Crippen LogP contribution >= 0.6 is 25.3 Å². The minimum absolute atomic E-state index is 0.450. The summed E-state index contributed by atoms with van der Waals surface area (Å²) in [6.07, 6.45) is 9.18. The van der Waals surface area contributed by atoms with Gasteiger partial charge < -0.3 is 0 Å². The molecule has 0 heterocycles. The zero-order chi connectivity index (χ0) is 19.9. The van der Waals surface area contributed by atoms with Crippen molar-refractivity contribution in [3.05, 3.63) is 115 Å². The van der Waals surface area contributed by atoms with Crippen LogP contribution in [0.5, 0.6) is 0 Å². The van der Waals surface area contributed by atoms with Gasteiger partial charge in [-0.3, -0.25) is 0 Å². The number of benzene rings is 2. The van der Waals surface area contributed by atoms with Gasteiger partial charge >= 0.3 is 0 Å². The van der Waals surface area contributed by atoms with Crippen molar-refractivity contribution in [1.82, 2.24) is 0 Å². The third kappa shape index (κ3) is 2.04. The predicted molar refractivity (Wildman–Crippen MR) is 131 cm³/mol. The van der Waals surface area contributed by atoms with E-state index >= 15 is 0 Å². The first-order chi connectivity index (χ1) is 14.0. The second-order valence-corrected chi connectivity index (χ2v) is 9.18. The second-order valence-electron chi connectivity index (χ2n) is 8.22. The van der Waals surface area contributed by atoms with Crippen molar-refractivity contribution in [2.75, 3.05) is 0 Å². The summed E-state index contributed by atoms with van der Waals surface area (Å²) in [4.78, 5) is 2.09. The Bertz CT molecular complexity index is 1220. The maximum Gasteiger partial charge on any atom is 0.0826 e. The van der Waals surface area contributed by atoms with Crippen molar-refractivity contribution in [3.8, 4) is 0 Å². The van der Waals surface area contributed by atoms with E-state index in [1.165, 1.54) is 55.7 Å². The molecule has 2 aromatic rings. The average molecular weight is 409 g/mol. The van der Waals surface area contributed by atoms with Crippen LogP contribution in [-0.4, -0.2) is 0 Å². The van der Waals surface area contributed by atoms with Crippen LogP contribution in [-0.2, 0) is 0 Å². The first kappa shape index (κ1) is 17.4. The van der Waals surface area contributed by atoms with Crippen LogP contribution < -0.4 is 0 Å². The Morgan fingerprint density at radius 1 is 0.586 bits per heavy atom. The molecule has 6 rings (SSSR count). The molecule has 2 aromatic carbocycles. The van der Waals surface area contributed by atoms with E-state index in [0.29, 0.717) is 0 Å². The van der Waals surface area contributed by atoms with Crippen LogP contribution in [0.25, 0.3) is 23.3 Å². The van der Waals surface area contributed by atoms with E-state index in [1.54, 1.807) is 0 Å². The highest BCUT2D eigenvalue weighted by Crippen LogP contribution is 2.66. The zero-order valence-corrected chi connectivity index (χ0v) is 18.1. The lowest BCUT2D eigenvalue weighted by atomic mass is 9.63. The Morgan fingerprint density at radius 3 is 1.45 bits per heavy atom. The molecule has 0 atom stereocenters. The largest absolute Gasteiger partial charge is 0.146 e. The lowest BCUT2D eigenvalue weighted by molar-refractivity contribution is 0.721. The SMILES string of the molecule is CC1=C2C(=Cc3ccccc32)C2(C(S)=C1)C(S)=CC(C)=C1C2=Cc2ccccc21. The van der Waals surface area contributed by atoms with E-state index in [1.807, 2.05) is 0 Å². The van der Waals surface area contributed by atoms with Crippen molar-refractivity contribution >= 4 is 48.6 Å². The molecule has 29 heavy (non-hydrogen) atoms. The van der Waals surface area contributed by atoms with Crippen LogP contribution in [0.4, 0.5) is 0 Å². The van der Waals surface area contributed by atoms with E-state index in [2.05, 4.69) is 86.7 Å². The number of hydrogen-bond acceptors (Lipinski definition) is 2. The average Bonchev–Trinajstić information content (AvgIpc) is 3.27. The number of allylic oxidation sites excluding steroid dienone is 10. The molecule has 0 nitrogen and oxygen atoms in total. The van der Waals surface area contributed by atoms with Crippen molar-refractivity contribution in [3.63, 3.8) is 0 Å². The third-order valence-electron chi connectivity index (χ3n) is 6.67. The maximum absolute atomic E-state index is 5.09. The minimum Gasteiger partial charge on any atom is -0.146 e. The molecule has 0 saturated heterocycles. The van der Waals surface area contributed by atoms with Crippen LogP contribution in [0, 0.1) is 5.41 Å². The Hall–Kier alpha value is -2.42. The van der Waals surface area contributed by atoms with Crippen molar-refractivity contribution < 1.29 is 0 Å². The zero-order valence-electron chi connectivity index (χ0n) is 16.3. The van der Waals surface area contributed by atoms with Gasteiger partial charge in [0.2, 0.25) is 0 Å². The van der Waals surface area contributed by atoms with Gasteiger partial charge in [-0.1, -0.05) is 48.5 Å². The summed E-state index contributed by atoms with van der Waals surface area (Å²) < 4.78 is 0. The molecule has 0 fully saturated rings. The van der Waals surface area contributed by atoms with E-state index in [-0.39, 0.29) is 0 Å². The van der Waals surface area contributed by atoms with Gasteiger partial charge in [-0.25, -0.2) is 0 Å². The van der Waals surface area contributed by atoms with Gasteiger partial charge in [0.15, 0.2) is 0 Å². The summed E-state index contributed by atoms with van der Waals surface area (Å²) in [6.45, 7) is 4.39. The van der Waals surface area contributed by atoms with Crippen LogP contribution in [0.15, 0.2) is 92.8 Å². The van der Waals surface area contributed by atoms with Crippen molar-refractivity contribution in [1.29, 1.82) is 0 Å². The summed E-state index contributed by atoms with van der Waals surface area (Å²) >= 11 is 10.2. The number of thiol groups is 2. The highest BCUT2D eigenvalue weighted by atomic mass is 32.1. The van der Waals surface area contributed by atoms with Gasteiger partial charge in [0, 0.05) is 9.81 Å². The van der Waals surface area contributed by atoms with Gasteiger partial charge in [0.25, 0.3) is 0 Å². The Labute approximate surface area is 182 Å². The predicted octanol–water partition coefficient (Wildman–Crippen LogP) is 7.37. The molecule has 0 aromatic heterocycles. The van der Waals surface area contributed by atoms with Crippen molar-refractivity contribution in [2.45, 2.75) is 13.8 Å². The van der Waals surface area contributed by atoms with Crippen LogP contribution in [0.1, 0.15) is 36.1 Å². The monoisotopic (exact) mass is 408 g/mol. The van der Waals surface area contributed by atoms with Crippen LogP contribution in [0.3, 0.4) is 0 Å². The lowest BCUT2D eigenvalue weighted by Gasteiger charge is -2.44. The summed E-state index contributed by atoms with van der Waals surface area (Å²) in [6, 6.07) is 17.4. The van der Waals surface area contributed by atoms with E-state index in [4.69, 9.17) is 25.3 Å². The Kier molecular flexibility index (Phi) is 3.49. The summed E-state index contributed by atoms with van der Waals surface area (Å²) in [5.74, 6) is 0. The fraction of sp³-hybridized carbons (Fsp3) is 0.111. The van der Waals surface area contributed by atoms with Gasteiger partial charge in [0.1, 0.15) is 0 Å². The normalized spacial score (nSPS) is 20.6. The fourth-order valence-corrected chi connectivity index (χ4v) is 6.69. The fourth-order valence-electron chi connectivity index (χ4n) is 5.49. The van der Waals surface area contributed by atoms with Gasteiger partial charge in [-0.2, -0.15) is 0 Å². The number of hydrogen-bond donors (Lipinski definition) is 2. The van der Waals surface area contributed by atoms with Crippen molar-refractivity contribution in [2.24, 2.45) is 5.41 Å². The molecule has 4 aliphatic rings. The van der Waals surface area contributed by atoms with Crippen LogP contribution in [0.2, 0.25) is 0 Å². The topological polar surface area (TPSA) is 0 Å². The first-order valence-electron chi connectivity index (χ1n) is 9.91. The quantitative estimate of drug-likeness (QED) is 0.418. The van der Waals surface area contributed by atoms with Gasteiger partial charge in [0.05, 0.1) is 5.41 Å². The molecule has 0 saturated carbocycles. The number of fused-ring (bicyclic) bond motifs is 8. The maximum atomic E-state index is 5.09. The molecule has 4 aliphatic carbocycles. The van der Waals surface area contributed by atoms with E-state index in [9.17, 15) is 0 Å². The molecule has 0 radical (unpaired) electrons. The molecular weight excluding hydrogens is 388 g/mol. The van der Waals surface area contributed by atoms with Gasteiger partial charge in [-0.15, -0.1) is 25.3 Å². The molecule has 0 amide bonds. The van der Waals surface area contributed by atoms with E-state index in [0.717, 1.165) is 9.81 Å². The van der Waals surface area contributed by atoms with E-state index < -0.39 is 5.41 Å². The molecule has 0 aliphatic heterocycles. The second kappa shape index (κ2) is 5.81.